The van der Waals surface area contributed by atoms with Crippen LogP contribution in [0, 0.1) is 13.8 Å². The summed E-state index contributed by atoms with van der Waals surface area (Å²) >= 11 is 0. The average molecular weight is 224 g/mol. The Morgan fingerprint density at radius 2 is 1.71 bits per heavy atom. The van der Waals surface area contributed by atoms with Crippen molar-refractivity contribution in [3.05, 3.63) is 59.2 Å². The van der Waals surface area contributed by atoms with Crippen LogP contribution in [0.3, 0.4) is 0 Å². The van der Waals surface area contributed by atoms with Crippen LogP contribution in [0.15, 0.2) is 47.5 Å². The number of nitrogen functional groups attached to an aromatic ring is 1. The van der Waals surface area contributed by atoms with Crippen molar-refractivity contribution < 1.29 is 0 Å². The van der Waals surface area contributed by atoms with Gasteiger partial charge in [-0.3, -0.25) is 4.99 Å². The number of aliphatic imine (C=N–C) groups is 1. The molecule has 0 fully saturated rings. The van der Waals surface area contributed by atoms with Crippen LogP contribution in [0.1, 0.15) is 16.7 Å². The van der Waals surface area contributed by atoms with Crippen LogP contribution in [-0.4, -0.2) is 6.21 Å². The first-order valence-electron chi connectivity index (χ1n) is 5.62. The topological polar surface area (TPSA) is 38.4 Å². The van der Waals surface area contributed by atoms with E-state index in [0.717, 1.165) is 22.5 Å². The molecule has 0 radical (unpaired) electrons. The highest BCUT2D eigenvalue weighted by Gasteiger charge is 1.95. The molecule has 17 heavy (non-hydrogen) atoms. The fourth-order valence-electron chi connectivity index (χ4n) is 1.62. The van der Waals surface area contributed by atoms with E-state index in [9.17, 15) is 0 Å². The van der Waals surface area contributed by atoms with Crippen molar-refractivity contribution in [3.63, 3.8) is 0 Å². The molecule has 0 atom stereocenters. The van der Waals surface area contributed by atoms with Crippen molar-refractivity contribution in [1.82, 2.24) is 0 Å². The zero-order chi connectivity index (χ0) is 12.3. The van der Waals surface area contributed by atoms with E-state index >= 15 is 0 Å². The Labute approximate surface area is 102 Å². The molecule has 0 saturated heterocycles. The smallest absolute Gasteiger partial charge is 0.0660 e. The highest BCUT2D eigenvalue weighted by atomic mass is 14.7. The molecule has 0 saturated carbocycles. The van der Waals surface area contributed by atoms with Crippen LogP contribution in [0.5, 0.6) is 0 Å². The molecule has 0 heterocycles. The number of nitrogens with two attached hydrogens (primary N) is 1. The summed E-state index contributed by atoms with van der Waals surface area (Å²) in [5.41, 5.74) is 10.9. The molecule has 0 aliphatic carbocycles. The third-order valence-electron chi connectivity index (χ3n) is 2.65. The van der Waals surface area contributed by atoms with Crippen LogP contribution in [0.25, 0.3) is 0 Å². The molecule has 2 nitrogen and oxygen atoms in total. The SMILES string of the molecule is Cc1ccc(C=Nc2ccc(N)cc2C)cc1. The highest BCUT2D eigenvalue weighted by molar-refractivity contribution is 5.82. The number of hydrogen-bond donors (Lipinski definition) is 1. The average Bonchev–Trinajstić information content (AvgIpc) is 2.30. The van der Waals surface area contributed by atoms with Crippen molar-refractivity contribution in [1.29, 1.82) is 0 Å². The van der Waals surface area contributed by atoms with Crippen molar-refractivity contribution in [2.75, 3.05) is 5.73 Å². The normalized spacial score (nSPS) is 10.9. The predicted molar refractivity (Wildman–Crippen MR) is 74.0 cm³/mol. The predicted octanol–water partition coefficient (Wildman–Crippen LogP) is 3.64. The maximum atomic E-state index is 5.70. The molecule has 2 N–H and O–H groups in total. The van der Waals surface area contributed by atoms with E-state index in [4.69, 9.17) is 5.73 Å². The van der Waals surface area contributed by atoms with Crippen molar-refractivity contribution >= 4 is 17.6 Å². The van der Waals surface area contributed by atoms with Gasteiger partial charge < -0.3 is 5.73 Å². The lowest BCUT2D eigenvalue weighted by Crippen LogP contribution is -1.86. The fraction of sp³-hybridized carbons (Fsp3) is 0.133. The molecular weight excluding hydrogens is 208 g/mol. The van der Waals surface area contributed by atoms with Gasteiger partial charge in [0.05, 0.1) is 5.69 Å². The Kier molecular flexibility index (Phi) is 3.24. The molecule has 2 rings (SSSR count). The molecule has 0 aliphatic rings. The molecule has 0 unspecified atom stereocenters. The van der Waals surface area contributed by atoms with Gasteiger partial charge in [0.1, 0.15) is 0 Å². The summed E-state index contributed by atoms with van der Waals surface area (Å²) in [4.78, 5) is 4.47. The van der Waals surface area contributed by atoms with Crippen LogP contribution in [0.2, 0.25) is 0 Å². The van der Waals surface area contributed by atoms with Crippen molar-refractivity contribution in [3.8, 4) is 0 Å². The number of hydrogen-bond acceptors (Lipinski definition) is 2. The first-order chi connectivity index (χ1) is 8.15. The maximum Gasteiger partial charge on any atom is 0.0660 e. The zero-order valence-electron chi connectivity index (χ0n) is 10.1. The Hall–Kier alpha value is -2.09. The first kappa shape index (κ1) is 11.4. The summed E-state index contributed by atoms with van der Waals surface area (Å²) < 4.78 is 0. The first-order valence-corrected chi connectivity index (χ1v) is 5.62. The van der Waals surface area contributed by atoms with Gasteiger partial charge in [0, 0.05) is 11.9 Å². The lowest BCUT2D eigenvalue weighted by molar-refractivity contribution is 1.40. The number of anilines is 1. The van der Waals surface area contributed by atoms with Crippen molar-refractivity contribution in [2.24, 2.45) is 4.99 Å². The molecule has 0 spiro atoms. The number of aryl methyl sites for hydroxylation is 2. The summed E-state index contributed by atoms with van der Waals surface area (Å²) in [5, 5.41) is 0. The van der Waals surface area contributed by atoms with E-state index in [0.29, 0.717) is 0 Å². The van der Waals surface area contributed by atoms with Gasteiger partial charge in [-0.2, -0.15) is 0 Å². The summed E-state index contributed by atoms with van der Waals surface area (Å²) in [6.07, 6.45) is 1.87. The fourth-order valence-corrected chi connectivity index (χ4v) is 1.62. The van der Waals surface area contributed by atoms with Crippen molar-refractivity contribution in [2.45, 2.75) is 13.8 Å². The third-order valence-corrected chi connectivity index (χ3v) is 2.65. The minimum Gasteiger partial charge on any atom is -0.399 e. The summed E-state index contributed by atoms with van der Waals surface area (Å²) in [5.74, 6) is 0. The minimum atomic E-state index is 0.775. The second-order valence-electron chi connectivity index (χ2n) is 4.21. The zero-order valence-corrected chi connectivity index (χ0v) is 10.1. The summed E-state index contributed by atoms with van der Waals surface area (Å²) in [6, 6.07) is 14.0. The molecule has 0 aromatic heterocycles. The third kappa shape index (κ3) is 2.94. The highest BCUT2D eigenvalue weighted by Crippen LogP contribution is 2.20. The molecular formula is C15H16N2. The van der Waals surface area contributed by atoms with E-state index in [1.165, 1.54) is 5.56 Å². The van der Waals surface area contributed by atoms with Gasteiger partial charge in [-0.1, -0.05) is 29.8 Å². The monoisotopic (exact) mass is 224 g/mol. The minimum absolute atomic E-state index is 0.775. The number of benzene rings is 2. The van der Waals surface area contributed by atoms with E-state index in [2.05, 4.69) is 36.2 Å². The van der Waals surface area contributed by atoms with Gasteiger partial charge in [-0.25, -0.2) is 0 Å². The largest absolute Gasteiger partial charge is 0.399 e. The van der Waals surface area contributed by atoms with Gasteiger partial charge in [0.2, 0.25) is 0 Å². The van der Waals surface area contributed by atoms with Gasteiger partial charge in [-0.05, 0) is 43.2 Å². The molecule has 0 amide bonds. The standard InChI is InChI=1S/C15H16N2/c1-11-3-5-13(6-4-11)10-17-15-8-7-14(16)9-12(15)2/h3-10H,16H2,1-2H3. The molecule has 2 heteroatoms. The van der Waals surface area contributed by atoms with Gasteiger partial charge in [0.15, 0.2) is 0 Å². The van der Waals surface area contributed by atoms with E-state index in [1.54, 1.807) is 0 Å². The Balaban J connectivity index is 2.23. The van der Waals surface area contributed by atoms with E-state index < -0.39 is 0 Å². The van der Waals surface area contributed by atoms with E-state index in [-0.39, 0.29) is 0 Å². The van der Waals surface area contributed by atoms with Gasteiger partial charge in [0.25, 0.3) is 0 Å². The lowest BCUT2D eigenvalue weighted by Gasteiger charge is -2.01. The molecule has 2 aromatic carbocycles. The van der Waals surface area contributed by atoms with Crippen LogP contribution in [-0.2, 0) is 0 Å². The van der Waals surface area contributed by atoms with Gasteiger partial charge in [-0.15, -0.1) is 0 Å². The molecule has 0 aliphatic heterocycles. The summed E-state index contributed by atoms with van der Waals surface area (Å²) in [6.45, 7) is 4.09. The Bertz CT molecular complexity index is 539. The van der Waals surface area contributed by atoms with Gasteiger partial charge >= 0.3 is 0 Å². The quantitative estimate of drug-likeness (QED) is 0.614. The Morgan fingerprint density at radius 3 is 2.35 bits per heavy atom. The van der Waals surface area contributed by atoms with Crippen LogP contribution in [0.4, 0.5) is 11.4 Å². The maximum absolute atomic E-state index is 5.70. The lowest BCUT2D eigenvalue weighted by atomic mass is 10.1. The number of rotatable bonds is 2. The van der Waals surface area contributed by atoms with Crippen LogP contribution < -0.4 is 5.73 Å². The molecule has 2 aromatic rings. The van der Waals surface area contributed by atoms with Crippen LogP contribution >= 0.6 is 0 Å². The number of nitrogens with zero attached hydrogens (tertiary/aromatic N) is 1. The second kappa shape index (κ2) is 4.83. The Morgan fingerprint density at radius 1 is 1.00 bits per heavy atom. The molecule has 0 bridgehead atoms. The summed E-state index contributed by atoms with van der Waals surface area (Å²) in [7, 11) is 0. The van der Waals surface area contributed by atoms with E-state index in [1.807, 2.05) is 31.3 Å². The second-order valence-corrected chi connectivity index (χ2v) is 4.21. The molecule has 86 valence electrons.